The lowest BCUT2D eigenvalue weighted by atomic mass is 9.80. The molecule has 0 amide bonds. The van der Waals surface area contributed by atoms with Crippen molar-refractivity contribution in [1.29, 1.82) is 0 Å². The number of aromatic nitrogens is 1. The second kappa shape index (κ2) is 4.64. The van der Waals surface area contributed by atoms with Crippen molar-refractivity contribution in [3.63, 3.8) is 0 Å². The molecule has 0 spiro atoms. The van der Waals surface area contributed by atoms with Gasteiger partial charge in [0.25, 0.3) is 0 Å². The van der Waals surface area contributed by atoms with E-state index in [1.807, 2.05) is 0 Å². The number of nitrogens with zero attached hydrogens (tertiary/aromatic N) is 1. The minimum atomic E-state index is -0.717. The van der Waals surface area contributed by atoms with Crippen LogP contribution in [-0.2, 0) is 4.79 Å². The number of hydrogen-bond donors (Lipinski definition) is 1. The summed E-state index contributed by atoms with van der Waals surface area (Å²) in [5.74, 6) is -1.09. The highest BCUT2D eigenvalue weighted by Crippen LogP contribution is 2.38. The van der Waals surface area contributed by atoms with Crippen LogP contribution in [0.5, 0.6) is 0 Å². The van der Waals surface area contributed by atoms with E-state index >= 15 is 0 Å². The smallest absolute Gasteiger partial charge is 0.306 e. The van der Waals surface area contributed by atoms with Gasteiger partial charge in [-0.15, -0.1) is 0 Å². The molecule has 0 bridgehead atoms. The Kier molecular flexibility index (Phi) is 2.97. The largest absolute Gasteiger partial charge is 0.481 e. The number of aliphatic carboxylic acids is 1. The first-order chi connectivity index (χ1) is 9.15. The van der Waals surface area contributed by atoms with Crippen molar-refractivity contribution in [3.8, 4) is 0 Å². The molecule has 0 radical (unpaired) electrons. The Morgan fingerprint density at radius 1 is 1.32 bits per heavy atom. The summed E-state index contributed by atoms with van der Waals surface area (Å²) in [5.41, 5.74) is 1.29. The first-order valence-corrected chi connectivity index (χ1v) is 6.43. The van der Waals surface area contributed by atoms with Gasteiger partial charge in [0, 0.05) is 17.4 Å². The third-order valence-corrected chi connectivity index (χ3v) is 3.93. The normalized spacial score (nSPS) is 23.6. The summed E-state index contributed by atoms with van der Waals surface area (Å²) in [6, 6.07) is 4.40. The van der Waals surface area contributed by atoms with E-state index in [1.54, 1.807) is 6.07 Å². The van der Waals surface area contributed by atoms with Crippen LogP contribution in [0.25, 0.3) is 11.0 Å². The highest BCUT2D eigenvalue weighted by Gasteiger charge is 2.29. The molecule has 0 saturated heterocycles. The zero-order chi connectivity index (χ0) is 13.4. The number of hydrogen-bond acceptors (Lipinski definition) is 3. The molecular formula is C14H14FNO3. The van der Waals surface area contributed by atoms with Crippen molar-refractivity contribution in [2.75, 3.05) is 0 Å². The van der Waals surface area contributed by atoms with E-state index in [-0.39, 0.29) is 17.7 Å². The SMILES string of the molecule is O=C(O)C1CCC(c2noc3cc(F)ccc23)CC1. The lowest BCUT2D eigenvalue weighted by Gasteiger charge is -2.24. The number of carboxylic acids is 1. The number of carboxylic acid groups (broad SMARTS) is 1. The number of carbonyl (C=O) groups is 1. The number of rotatable bonds is 2. The van der Waals surface area contributed by atoms with Crippen LogP contribution in [0.4, 0.5) is 4.39 Å². The molecule has 1 saturated carbocycles. The second-order valence-electron chi connectivity index (χ2n) is 5.10. The molecule has 2 aromatic rings. The Morgan fingerprint density at radius 2 is 2.05 bits per heavy atom. The summed E-state index contributed by atoms with van der Waals surface area (Å²) < 4.78 is 18.2. The monoisotopic (exact) mass is 263 g/mol. The molecule has 5 heteroatoms. The molecule has 100 valence electrons. The van der Waals surface area contributed by atoms with E-state index in [9.17, 15) is 9.18 Å². The molecule has 1 heterocycles. The van der Waals surface area contributed by atoms with E-state index in [0.717, 1.165) is 23.9 Å². The van der Waals surface area contributed by atoms with Gasteiger partial charge >= 0.3 is 5.97 Å². The van der Waals surface area contributed by atoms with E-state index in [0.29, 0.717) is 18.4 Å². The van der Waals surface area contributed by atoms with Gasteiger partial charge in [-0.05, 0) is 37.8 Å². The van der Waals surface area contributed by atoms with Gasteiger partial charge in [-0.2, -0.15) is 0 Å². The molecule has 1 fully saturated rings. The summed E-state index contributed by atoms with van der Waals surface area (Å²) in [7, 11) is 0. The summed E-state index contributed by atoms with van der Waals surface area (Å²) in [4.78, 5) is 10.9. The summed E-state index contributed by atoms with van der Waals surface area (Å²) >= 11 is 0. The van der Waals surface area contributed by atoms with E-state index < -0.39 is 5.97 Å². The van der Waals surface area contributed by atoms with Crippen molar-refractivity contribution in [2.45, 2.75) is 31.6 Å². The zero-order valence-electron chi connectivity index (χ0n) is 10.3. The molecule has 0 aliphatic heterocycles. The zero-order valence-corrected chi connectivity index (χ0v) is 10.3. The molecule has 1 aliphatic rings. The second-order valence-corrected chi connectivity index (χ2v) is 5.10. The Balaban J connectivity index is 1.84. The highest BCUT2D eigenvalue weighted by molar-refractivity contribution is 5.80. The lowest BCUT2D eigenvalue weighted by Crippen LogP contribution is -2.20. The standard InChI is InChI=1S/C14H14FNO3/c15-10-5-6-11-12(7-10)19-16-13(11)8-1-3-9(4-2-8)14(17)18/h5-9H,1-4H2,(H,17,18). The van der Waals surface area contributed by atoms with Crippen LogP contribution in [0.2, 0.25) is 0 Å². The summed E-state index contributed by atoms with van der Waals surface area (Å²) in [6.45, 7) is 0. The third kappa shape index (κ3) is 2.20. The number of fused-ring (bicyclic) bond motifs is 1. The van der Waals surface area contributed by atoms with Crippen LogP contribution >= 0.6 is 0 Å². The van der Waals surface area contributed by atoms with E-state index in [4.69, 9.17) is 9.63 Å². The quantitative estimate of drug-likeness (QED) is 0.902. The predicted octanol–water partition coefficient (Wildman–Crippen LogP) is 3.33. The van der Waals surface area contributed by atoms with Gasteiger partial charge in [0.05, 0.1) is 11.6 Å². The van der Waals surface area contributed by atoms with Crippen molar-refractivity contribution in [2.24, 2.45) is 5.92 Å². The fraction of sp³-hybridized carbons (Fsp3) is 0.429. The summed E-state index contributed by atoms with van der Waals surface area (Å²) in [6.07, 6.45) is 2.90. The molecule has 1 aliphatic carbocycles. The van der Waals surface area contributed by atoms with Crippen molar-refractivity contribution < 1.29 is 18.8 Å². The maximum Gasteiger partial charge on any atom is 0.306 e. The maximum absolute atomic E-state index is 13.1. The third-order valence-electron chi connectivity index (χ3n) is 3.93. The first-order valence-electron chi connectivity index (χ1n) is 6.43. The van der Waals surface area contributed by atoms with Gasteiger partial charge in [0.15, 0.2) is 5.58 Å². The van der Waals surface area contributed by atoms with E-state index in [1.165, 1.54) is 12.1 Å². The van der Waals surface area contributed by atoms with Gasteiger partial charge in [-0.1, -0.05) is 5.16 Å². The fourth-order valence-electron chi connectivity index (χ4n) is 2.84. The molecule has 3 rings (SSSR count). The van der Waals surface area contributed by atoms with Crippen molar-refractivity contribution in [1.82, 2.24) is 5.16 Å². The molecule has 1 N–H and O–H groups in total. The number of halogens is 1. The molecule has 0 unspecified atom stereocenters. The van der Waals surface area contributed by atoms with Gasteiger partial charge in [-0.3, -0.25) is 4.79 Å². The van der Waals surface area contributed by atoms with Gasteiger partial charge in [0.2, 0.25) is 0 Å². The van der Waals surface area contributed by atoms with Gasteiger partial charge in [-0.25, -0.2) is 4.39 Å². The molecule has 0 atom stereocenters. The first kappa shape index (κ1) is 12.1. The lowest BCUT2D eigenvalue weighted by molar-refractivity contribution is -0.142. The fourth-order valence-corrected chi connectivity index (χ4v) is 2.84. The van der Waals surface area contributed by atoms with E-state index in [2.05, 4.69) is 5.16 Å². The van der Waals surface area contributed by atoms with Crippen molar-refractivity contribution in [3.05, 3.63) is 29.7 Å². The topological polar surface area (TPSA) is 63.3 Å². The van der Waals surface area contributed by atoms with Crippen LogP contribution in [0.3, 0.4) is 0 Å². The predicted molar refractivity (Wildman–Crippen MR) is 66.3 cm³/mol. The summed E-state index contributed by atoms with van der Waals surface area (Å²) in [5, 5.41) is 13.9. The minimum Gasteiger partial charge on any atom is -0.481 e. The van der Waals surface area contributed by atoms with Crippen LogP contribution in [-0.4, -0.2) is 16.2 Å². The van der Waals surface area contributed by atoms with Crippen molar-refractivity contribution >= 4 is 16.9 Å². The number of benzene rings is 1. The van der Waals surface area contributed by atoms with Gasteiger partial charge < -0.3 is 9.63 Å². The van der Waals surface area contributed by atoms with Crippen LogP contribution in [0.15, 0.2) is 22.7 Å². The van der Waals surface area contributed by atoms with Crippen LogP contribution in [0.1, 0.15) is 37.3 Å². The maximum atomic E-state index is 13.1. The molecular weight excluding hydrogens is 249 g/mol. The van der Waals surface area contributed by atoms with Crippen LogP contribution < -0.4 is 0 Å². The Labute approximate surface area is 109 Å². The molecule has 4 nitrogen and oxygen atoms in total. The van der Waals surface area contributed by atoms with Crippen LogP contribution in [0, 0.1) is 11.7 Å². The molecule has 1 aromatic carbocycles. The molecule has 19 heavy (non-hydrogen) atoms. The Morgan fingerprint density at radius 3 is 2.74 bits per heavy atom. The minimum absolute atomic E-state index is 0.210. The van der Waals surface area contributed by atoms with Gasteiger partial charge in [0.1, 0.15) is 5.82 Å². The average Bonchev–Trinajstić information content (AvgIpc) is 2.81. The average molecular weight is 263 g/mol. The molecule has 1 aromatic heterocycles. The Hall–Kier alpha value is -1.91. The highest BCUT2D eigenvalue weighted by atomic mass is 19.1. The Bertz CT molecular complexity index is 614.